The third kappa shape index (κ3) is 7.67. The highest BCUT2D eigenvalue weighted by molar-refractivity contribution is 7.92. The molecule has 0 aliphatic carbocycles. The summed E-state index contributed by atoms with van der Waals surface area (Å²) < 4.78 is 39.6. The van der Waals surface area contributed by atoms with E-state index in [2.05, 4.69) is 5.32 Å². The van der Waals surface area contributed by atoms with Gasteiger partial charge in [-0.1, -0.05) is 59.6 Å². The first kappa shape index (κ1) is 28.4. The molecular formula is C26H26Cl2FN3O4S. The number of hydrogen-bond donors (Lipinski definition) is 1. The number of rotatable bonds is 10. The fourth-order valence-electron chi connectivity index (χ4n) is 3.78. The van der Waals surface area contributed by atoms with Crippen LogP contribution >= 0.6 is 23.2 Å². The van der Waals surface area contributed by atoms with Crippen LogP contribution in [0.3, 0.4) is 0 Å². The summed E-state index contributed by atoms with van der Waals surface area (Å²) in [6.07, 6.45) is 1.12. The number of sulfonamides is 1. The van der Waals surface area contributed by atoms with Crippen LogP contribution in [0.15, 0.2) is 72.8 Å². The second-order valence-electron chi connectivity index (χ2n) is 8.32. The van der Waals surface area contributed by atoms with Gasteiger partial charge in [-0.25, -0.2) is 12.8 Å². The molecular weight excluding hydrogens is 540 g/mol. The van der Waals surface area contributed by atoms with Crippen molar-refractivity contribution in [3.63, 3.8) is 0 Å². The van der Waals surface area contributed by atoms with Crippen LogP contribution in [0.4, 0.5) is 10.1 Å². The molecule has 1 atom stereocenters. The van der Waals surface area contributed by atoms with Gasteiger partial charge >= 0.3 is 0 Å². The third-order valence-electron chi connectivity index (χ3n) is 5.67. The summed E-state index contributed by atoms with van der Waals surface area (Å²) in [4.78, 5) is 28.1. The third-order valence-corrected chi connectivity index (χ3v) is 7.39. The second-order valence-corrected chi connectivity index (χ2v) is 11.1. The van der Waals surface area contributed by atoms with E-state index in [1.807, 2.05) is 30.3 Å². The molecule has 0 saturated heterocycles. The number of nitrogens with one attached hydrogen (secondary N) is 1. The van der Waals surface area contributed by atoms with E-state index in [0.717, 1.165) is 28.3 Å². The number of carbonyl (C=O) groups excluding carboxylic acids is 2. The van der Waals surface area contributed by atoms with Crippen molar-refractivity contribution in [2.45, 2.75) is 19.0 Å². The molecule has 196 valence electrons. The van der Waals surface area contributed by atoms with Crippen molar-refractivity contribution in [3.8, 4) is 0 Å². The molecule has 1 N–H and O–H groups in total. The van der Waals surface area contributed by atoms with Gasteiger partial charge in [0.15, 0.2) is 0 Å². The Hall–Kier alpha value is -3.14. The van der Waals surface area contributed by atoms with Crippen molar-refractivity contribution >= 4 is 50.7 Å². The lowest BCUT2D eigenvalue weighted by molar-refractivity contribution is -0.139. The van der Waals surface area contributed by atoms with E-state index in [4.69, 9.17) is 23.2 Å². The Morgan fingerprint density at radius 2 is 1.65 bits per heavy atom. The minimum Gasteiger partial charge on any atom is -0.357 e. The maximum atomic E-state index is 13.8. The van der Waals surface area contributed by atoms with Crippen LogP contribution in [0.5, 0.6) is 0 Å². The Bertz CT molecular complexity index is 1360. The predicted octanol–water partition coefficient (Wildman–Crippen LogP) is 4.28. The molecule has 7 nitrogen and oxygen atoms in total. The van der Waals surface area contributed by atoms with Crippen molar-refractivity contribution in [2.75, 3.05) is 24.2 Å². The number of nitrogens with zero attached hydrogens (tertiary/aromatic N) is 2. The zero-order valence-electron chi connectivity index (χ0n) is 20.2. The monoisotopic (exact) mass is 565 g/mol. The summed E-state index contributed by atoms with van der Waals surface area (Å²) in [5.74, 6) is -1.63. The average molecular weight is 566 g/mol. The van der Waals surface area contributed by atoms with Crippen molar-refractivity contribution < 1.29 is 22.4 Å². The zero-order valence-corrected chi connectivity index (χ0v) is 22.5. The Morgan fingerprint density at radius 3 is 2.22 bits per heavy atom. The molecule has 0 radical (unpaired) electrons. The Balaban J connectivity index is 2.04. The van der Waals surface area contributed by atoms with E-state index < -0.39 is 40.2 Å². The maximum absolute atomic E-state index is 13.8. The fraction of sp³-hybridized carbons (Fsp3) is 0.231. The Kier molecular flexibility index (Phi) is 9.53. The largest absolute Gasteiger partial charge is 0.357 e. The van der Waals surface area contributed by atoms with Crippen LogP contribution in [0.1, 0.15) is 11.1 Å². The average Bonchev–Trinajstić information content (AvgIpc) is 2.86. The molecule has 0 fully saturated rings. The molecule has 11 heteroatoms. The van der Waals surface area contributed by atoms with Crippen LogP contribution in [0.2, 0.25) is 10.0 Å². The molecule has 0 heterocycles. The summed E-state index contributed by atoms with van der Waals surface area (Å²) in [5, 5.41) is 3.28. The first-order valence-corrected chi connectivity index (χ1v) is 13.8. The van der Waals surface area contributed by atoms with Gasteiger partial charge in [-0.05, 0) is 47.5 Å². The Morgan fingerprint density at radius 1 is 1.00 bits per heavy atom. The van der Waals surface area contributed by atoms with E-state index >= 15 is 0 Å². The van der Waals surface area contributed by atoms with Crippen molar-refractivity contribution in [1.82, 2.24) is 10.2 Å². The number of carbonyl (C=O) groups is 2. The highest BCUT2D eigenvalue weighted by Crippen LogP contribution is 2.25. The summed E-state index contributed by atoms with van der Waals surface area (Å²) in [5.41, 5.74) is 1.44. The number of likely N-dealkylation sites (N-methyl/N-ethyl adjacent to an activating group) is 1. The molecule has 2 amide bonds. The zero-order chi connectivity index (χ0) is 27.2. The van der Waals surface area contributed by atoms with E-state index in [-0.39, 0.29) is 18.7 Å². The van der Waals surface area contributed by atoms with Gasteiger partial charge in [0.25, 0.3) is 0 Å². The number of anilines is 1. The highest BCUT2D eigenvalue weighted by atomic mass is 35.5. The van der Waals surface area contributed by atoms with Crippen molar-refractivity contribution in [2.24, 2.45) is 0 Å². The first-order chi connectivity index (χ1) is 17.5. The lowest BCUT2D eigenvalue weighted by atomic mass is 10.0. The molecule has 1 unspecified atom stereocenters. The minimum absolute atomic E-state index is 0.0826. The number of halogens is 3. The van der Waals surface area contributed by atoms with E-state index in [1.165, 1.54) is 30.1 Å². The smallest absolute Gasteiger partial charge is 0.244 e. The van der Waals surface area contributed by atoms with Gasteiger partial charge in [0.1, 0.15) is 18.4 Å². The van der Waals surface area contributed by atoms with Crippen molar-refractivity contribution in [3.05, 3.63) is 99.8 Å². The molecule has 37 heavy (non-hydrogen) atoms. The number of benzene rings is 3. The number of amides is 2. The molecule has 0 saturated carbocycles. The predicted molar refractivity (Wildman–Crippen MR) is 144 cm³/mol. The van der Waals surface area contributed by atoms with Gasteiger partial charge in [-0.15, -0.1) is 0 Å². The van der Waals surface area contributed by atoms with Crippen molar-refractivity contribution in [1.29, 1.82) is 0 Å². The molecule has 0 aliphatic heterocycles. The van der Waals surface area contributed by atoms with Gasteiger partial charge in [-0.2, -0.15) is 0 Å². The molecule has 0 aromatic heterocycles. The molecule has 0 bridgehead atoms. The normalized spacial score (nSPS) is 12.0. The van der Waals surface area contributed by atoms with Crippen LogP contribution in [0.25, 0.3) is 0 Å². The van der Waals surface area contributed by atoms with Crippen LogP contribution in [-0.2, 0) is 32.6 Å². The van der Waals surface area contributed by atoms with Gasteiger partial charge in [0.2, 0.25) is 21.8 Å². The summed E-state index contributed by atoms with van der Waals surface area (Å²) >= 11 is 12.4. The van der Waals surface area contributed by atoms with Crippen LogP contribution in [0, 0.1) is 5.82 Å². The number of hydrogen-bond acceptors (Lipinski definition) is 4. The van der Waals surface area contributed by atoms with E-state index in [9.17, 15) is 22.4 Å². The van der Waals surface area contributed by atoms with Crippen LogP contribution < -0.4 is 9.62 Å². The lowest BCUT2D eigenvalue weighted by Crippen LogP contribution is -2.52. The molecule has 0 spiro atoms. The maximum Gasteiger partial charge on any atom is 0.244 e. The molecule has 3 aromatic carbocycles. The topological polar surface area (TPSA) is 86.8 Å². The van der Waals surface area contributed by atoms with E-state index in [0.29, 0.717) is 15.6 Å². The summed E-state index contributed by atoms with van der Waals surface area (Å²) in [6, 6.07) is 17.7. The molecule has 3 aromatic rings. The fourth-order valence-corrected chi connectivity index (χ4v) is 5.09. The van der Waals surface area contributed by atoms with Gasteiger partial charge in [0.05, 0.1) is 11.9 Å². The standard InChI is InChI=1S/C26H26Cl2FN3O4S/c1-30-26(34)24(14-18-6-4-3-5-7-18)31(16-19-8-9-20(27)15-23(19)28)25(33)17-32(37(2,35)36)22-12-10-21(29)11-13-22/h3-13,15,24H,14,16-17H2,1-2H3,(H,30,34). The second kappa shape index (κ2) is 12.4. The lowest BCUT2D eigenvalue weighted by Gasteiger charge is -2.33. The Labute approximate surface area is 225 Å². The van der Waals surface area contributed by atoms with Gasteiger partial charge < -0.3 is 10.2 Å². The van der Waals surface area contributed by atoms with E-state index in [1.54, 1.807) is 12.1 Å². The summed E-state index contributed by atoms with van der Waals surface area (Å²) in [6.45, 7) is -0.696. The quantitative estimate of drug-likeness (QED) is 0.397. The van der Waals surface area contributed by atoms with Gasteiger partial charge in [-0.3, -0.25) is 13.9 Å². The molecule has 3 rings (SSSR count). The minimum atomic E-state index is -3.94. The summed E-state index contributed by atoms with van der Waals surface area (Å²) in [7, 11) is -2.48. The van der Waals surface area contributed by atoms with Crippen LogP contribution in [-0.4, -0.2) is 51.0 Å². The SMILES string of the molecule is CNC(=O)C(Cc1ccccc1)N(Cc1ccc(Cl)cc1Cl)C(=O)CN(c1ccc(F)cc1)S(C)(=O)=O. The highest BCUT2D eigenvalue weighted by Gasteiger charge is 2.33. The molecule has 0 aliphatic rings. The first-order valence-electron chi connectivity index (χ1n) is 11.2. The van der Waals surface area contributed by atoms with Gasteiger partial charge in [0, 0.05) is 30.1 Å².